The van der Waals surface area contributed by atoms with Crippen LogP contribution in [-0.2, 0) is 23.2 Å². The zero-order valence-electron chi connectivity index (χ0n) is 17.1. The van der Waals surface area contributed by atoms with Crippen LogP contribution < -0.4 is 10.9 Å². The Morgan fingerprint density at radius 3 is 2.71 bits per heavy atom. The monoisotopic (exact) mass is 399 g/mol. The van der Waals surface area contributed by atoms with Crippen molar-refractivity contribution in [1.29, 1.82) is 0 Å². The zero-order valence-corrected chi connectivity index (χ0v) is 17.9. The molecule has 0 saturated carbocycles. The molecule has 1 aliphatic rings. The Kier molecular flexibility index (Phi) is 6.28. The number of nitrogens with zero attached hydrogens (tertiary/aromatic N) is 2. The van der Waals surface area contributed by atoms with Gasteiger partial charge in [0.1, 0.15) is 0 Å². The van der Waals surface area contributed by atoms with E-state index in [9.17, 15) is 9.59 Å². The van der Waals surface area contributed by atoms with Gasteiger partial charge in [-0.1, -0.05) is 62.9 Å². The molecular weight excluding hydrogens is 370 g/mol. The van der Waals surface area contributed by atoms with Gasteiger partial charge in [0.2, 0.25) is 5.91 Å². The van der Waals surface area contributed by atoms with Gasteiger partial charge in [0.05, 0.1) is 11.6 Å². The second-order valence-corrected chi connectivity index (χ2v) is 9.55. The summed E-state index contributed by atoms with van der Waals surface area (Å²) < 4.78 is 1.64. The molecule has 3 rings (SSSR count). The predicted molar refractivity (Wildman–Crippen MR) is 114 cm³/mol. The van der Waals surface area contributed by atoms with Gasteiger partial charge in [-0.15, -0.1) is 0 Å². The lowest BCUT2D eigenvalue weighted by atomic mass is 9.92. The van der Waals surface area contributed by atoms with E-state index in [1.54, 1.807) is 10.6 Å². The normalized spacial score (nSPS) is 17.6. The van der Waals surface area contributed by atoms with E-state index in [0.717, 1.165) is 23.7 Å². The second kappa shape index (κ2) is 8.52. The third-order valence-corrected chi connectivity index (χ3v) is 6.17. The summed E-state index contributed by atoms with van der Waals surface area (Å²) in [4.78, 5) is 29.9. The molecule has 0 fully saturated rings. The van der Waals surface area contributed by atoms with Crippen molar-refractivity contribution in [2.24, 2.45) is 5.92 Å². The number of thioether (sulfide) groups is 1. The van der Waals surface area contributed by atoms with Gasteiger partial charge in [0, 0.05) is 29.8 Å². The number of aryl methyl sites for hydroxylation is 1. The molecule has 1 N–H and O–H groups in total. The Bertz CT molecular complexity index is 887. The summed E-state index contributed by atoms with van der Waals surface area (Å²) in [5.41, 5.74) is 1.83. The summed E-state index contributed by atoms with van der Waals surface area (Å²) in [6.07, 6.45) is 1.83. The van der Waals surface area contributed by atoms with Crippen LogP contribution in [-0.4, -0.2) is 27.3 Å². The van der Waals surface area contributed by atoms with E-state index in [-0.39, 0.29) is 28.8 Å². The maximum absolute atomic E-state index is 12.7. The summed E-state index contributed by atoms with van der Waals surface area (Å²) in [7, 11) is 0. The minimum absolute atomic E-state index is 0.0190. The van der Waals surface area contributed by atoms with E-state index < -0.39 is 0 Å². The molecule has 0 aliphatic carbocycles. The molecule has 0 radical (unpaired) electrons. The number of amides is 1. The van der Waals surface area contributed by atoms with Crippen molar-refractivity contribution >= 4 is 17.7 Å². The number of fused-ring (bicyclic) bond motifs is 1. The fraction of sp³-hybridized carbons (Fsp3) is 0.500. The van der Waals surface area contributed by atoms with E-state index >= 15 is 0 Å². The lowest BCUT2D eigenvalue weighted by Gasteiger charge is -2.27. The average Bonchev–Trinajstić information content (AvgIpc) is 2.66. The minimum Gasteiger partial charge on any atom is -0.353 e. The molecule has 2 aromatic rings. The van der Waals surface area contributed by atoms with Gasteiger partial charge >= 0.3 is 0 Å². The van der Waals surface area contributed by atoms with Crippen LogP contribution in [0.1, 0.15) is 45.4 Å². The van der Waals surface area contributed by atoms with Crippen LogP contribution in [0.5, 0.6) is 0 Å². The first-order valence-electron chi connectivity index (χ1n) is 9.83. The standard InChI is InChI=1S/C22H29N3O2S/c1-15(10-11-16-8-6-5-7-9-16)23-20(27)17-13-25-19(26)12-18(22(2,3)4)24-21(25)28-14-17/h5-9,12,15,17H,10-11,13-14H2,1-4H3,(H,23,27)/t15-,17-/m0/s1. The predicted octanol–water partition coefficient (Wildman–Crippen LogP) is 3.40. The zero-order chi connectivity index (χ0) is 20.3. The Morgan fingerprint density at radius 2 is 2.04 bits per heavy atom. The fourth-order valence-corrected chi connectivity index (χ4v) is 4.31. The second-order valence-electron chi connectivity index (χ2n) is 8.56. The van der Waals surface area contributed by atoms with Crippen LogP contribution in [0, 0.1) is 5.92 Å². The van der Waals surface area contributed by atoms with Crippen molar-refractivity contribution in [3.05, 3.63) is 58.0 Å². The van der Waals surface area contributed by atoms with E-state index in [2.05, 4.69) is 22.4 Å². The van der Waals surface area contributed by atoms with E-state index in [0.29, 0.717) is 12.3 Å². The molecule has 0 spiro atoms. The van der Waals surface area contributed by atoms with Crippen LogP contribution >= 0.6 is 11.8 Å². The molecule has 0 bridgehead atoms. The fourth-order valence-electron chi connectivity index (χ4n) is 3.21. The van der Waals surface area contributed by atoms with Crippen LogP contribution in [0.2, 0.25) is 0 Å². The Hall–Kier alpha value is -2.08. The number of carbonyl (C=O) groups excluding carboxylic acids is 1. The topological polar surface area (TPSA) is 64.0 Å². The smallest absolute Gasteiger partial charge is 0.254 e. The van der Waals surface area contributed by atoms with Crippen LogP contribution in [0.15, 0.2) is 46.3 Å². The summed E-state index contributed by atoms with van der Waals surface area (Å²) in [5, 5.41) is 3.84. The van der Waals surface area contributed by atoms with Crippen molar-refractivity contribution in [1.82, 2.24) is 14.9 Å². The van der Waals surface area contributed by atoms with Gasteiger partial charge in [-0.2, -0.15) is 0 Å². The van der Waals surface area contributed by atoms with Crippen molar-refractivity contribution in [2.75, 3.05) is 5.75 Å². The molecule has 0 saturated heterocycles. The third-order valence-electron chi connectivity index (χ3n) is 5.03. The van der Waals surface area contributed by atoms with E-state index in [1.165, 1.54) is 17.3 Å². The minimum atomic E-state index is -0.211. The molecule has 6 heteroatoms. The summed E-state index contributed by atoms with van der Waals surface area (Å²) in [5.74, 6) is 0.458. The lowest BCUT2D eigenvalue weighted by molar-refractivity contribution is -0.125. The summed E-state index contributed by atoms with van der Waals surface area (Å²) in [6, 6.07) is 12.0. The van der Waals surface area contributed by atoms with Crippen molar-refractivity contribution < 1.29 is 4.79 Å². The quantitative estimate of drug-likeness (QED) is 0.783. The van der Waals surface area contributed by atoms with E-state index in [1.807, 2.05) is 45.9 Å². The van der Waals surface area contributed by atoms with Gasteiger partial charge in [0.25, 0.3) is 5.56 Å². The first-order chi connectivity index (χ1) is 13.2. The molecule has 150 valence electrons. The largest absolute Gasteiger partial charge is 0.353 e. The van der Waals surface area contributed by atoms with Gasteiger partial charge in [-0.05, 0) is 25.3 Å². The average molecular weight is 400 g/mol. The van der Waals surface area contributed by atoms with Crippen LogP contribution in [0.4, 0.5) is 0 Å². The van der Waals surface area contributed by atoms with Crippen LogP contribution in [0.25, 0.3) is 0 Å². The SMILES string of the molecule is C[C@@H](CCc1ccccc1)NC(=O)[C@@H]1CSc2nc(C(C)(C)C)cc(=O)n2C1. The number of hydrogen-bond acceptors (Lipinski definition) is 4. The Balaban J connectivity index is 1.60. The molecule has 1 amide bonds. The Morgan fingerprint density at radius 1 is 1.32 bits per heavy atom. The van der Waals surface area contributed by atoms with Crippen molar-refractivity contribution in [2.45, 2.75) is 63.7 Å². The number of hydrogen-bond donors (Lipinski definition) is 1. The molecule has 1 aromatic carbocycles. The number of benzene rings is 1. The first-order valence-corrected chi connectivity index (χ1v) is 10.8. The van der Waals surface area contributed by atoms with Gasteiger partial charge < -0.3 is 5.32 Å². The number of aromatic nitrogens is 2. The summed E-state index contributed by atoms with van der Waals surface area (Å²) >= 11 is 1.50. The maximum atomic E-state index is 12.7. The number of nitrogens with one attached hydrogen (secondary N) is 1. The molecular formula is C22H29N3O2S. The highest BCUT2D eigenvalue weighted by Gasteiger charge is 2.29. The third kappa shape index (κ3) is 5.04. The molecule has 5 nitrogen and oxygen atoms in total. The molecule has 2 heterocycles. The van der Waals surface area contributed by atoms with Crippen LogP contribution in [0.3, 0.4) is 0 Å². The molecule has 2 atom stereocenters. The van der Waals surface area contributed by atoms with Gasteiger partial charge in [-0.25, -0.2) is 4.98 Å². The highest BCUT2D eigenvalue weighted by Crippen LogP contribution is 2.28. The maximum Gasteiger partial charge on any atom is 0.254 e. The Labute approximate surface area is 171 Å². The molecule has 0 unspecified atom stereocenters. The highest BCUT2D eigenvalue weighted by molar-refractivity contribution is 7.99. The van der Waals surface area contributed by atoms with Crippen molar-refractivity contribution in [3.63, 3.8) is 0 Å². The molecule has 1 aliphatic heterocycles. The molecule has 1 aromatic heterocycles. The highest BCUT2D eigenvalue weighted by atomic mass is 32.2. The van der Waals surface area contributed by atoms with Gasteiger partial charge in [-0.3, -0.25) is 14.2 Å². The number of carbonyl (C=O) groups is 1. The number of rotatable bonds is 5. The molecule has 28 heavy (non-hydrogen) atoms. The lowest BCUT2D eigenvalue weighted by Crippen LogP contribution is -2.43. The van der Waals surface area contributed by atoms with Gasteiger partial charge in [0.15, 0.2) is 5.16 Å². The first kappa shape index (κ1) is 20.6. The summed E-state index contributed by atoms with van der Waals surface area (Å²) in [6.45, 7) is 8.58. The van der Waals surface area contributed by atoms with Crippen molar-refractivity contribution in [3.8, 4) is 0 Å². The van der Waals surface area contributed by atoms with E-state index in [4.69, 9.17) is 0 Å².